The second kappa shape index (κ2) is 3.83. The Bertz CT molecular complexity index is 349. The van der Waals surface area contributed by atoms with E-state index in [4.69, 9.17) is 10.5 Å². The van der Waals surface area contributed by atoms with Crippen LogP contribution in [0.25, 0.3) is 0 Å². The van der Waals surface area contributed by atoms with Gasteiger partial charge < -0.3 is 15.8 Å². The zero-order valence-electron chi connectivity index (χ0n) is 9.29. The predicted molar refractivity (Wildman–Crippen MR) is 60.9 cm³/mol. The van der Waals surface area contributed by atoms with E-state index >= 15 is 0 Å². The molecule has 1 atom stereocenters. The Kier molecular flexibility index (Phi) is 2.67. The summed E-state index contributed by atoms with van der Waals surface area (Å²) in [5.41, 5.74) is 6.55. The van der Waals surface area contributed by atoms with Gasteiger partial charge in [-0.2, -0.15) is 0 Å². The molecule has 1 unspecified atom stereocenters. The highest BCUT2D eigenvalue weighted by atomic mass is 16.5. The van der Waals surface area contributed by atoms with E-state index in [1.165, 1.54) is 5.56 Å². The van der Waals surface area contributed by atoms with Gasteiger partial charge in [0.05, 0.1) is 6.04 Å². The molecule has 3 nitrogen and oxygen atoms in total. The van der Waals surface area contributed by atoms with E-state index in [2.05, 4.69) is 25.2 Å². The summed E-state index contributed by atoms with van der Waals surface area (Å²) >= 11 is 0. The van der Waals surface area contributed by atoms with E-state index in [-0.39, 0.29) is 11.6 Å². The number of ether oxygens (including phenoxy) is 1. The topological polar surface area (TPSA) is 47.3 Å². The van der Waals surface area contributed by atoms with Crippen molar-refractivity contribution in [3.8, 4) is 5.75 Å². The molecule has 0 amide bonds. The lowest BCUT2D eigenvalue weighted by Gasteiger charge is -2.27. The van der Waals surface area contributed by atoms with Crippen LogP contribution in [0.4, 0.5) is 0 Å². The molecule has 3 N–H and O–H groups in total. The van der Waals surface area contributed by atoms with Gasteiger partial charge in [0.1, 0.15) is 11.4 Å². The van der Waals surface area contributed by atoms with Crippen molar-refractivity contribution >= 4 is 0 Å². The van der Waals surface area contributed by atoms with Gasteiger partial charge in [-0.15, -0.1) is 0 Å². The van der Waals surface area contributed by atoms with Crippen molar-refractivity contribution in [3.63, 3.8) is 0 Å². The molecule has 1 aromatic rings. The average molecular weight is 206 g/mol. The number of rotatable bonds is 3. The standard InChI is InChI=1S/C12H18N2O/c1-12(2)11(14-8-7-13)9-5-3-4-6-10(9)15-12/h3-6,11,14H,7-8,13H2,1-2H3. The Hall–Kier alpha value is -1.06. The molecule has 0 saturated heterocycles. The summed E-state index contributed by atoms with van der Waals surface area (Å²) in [4.78, 5) is 0. The van der Waals surface area contributed by atoms with Crippen LogP contribution < -0.4 is 15.8 Å². The molecule has 1 aliphatic heterocycles. The molecule has 0 aromatic heterocycles. The number of nitrogens with two attached hydrogens (primary N) is 1. The van der Waals surface area contributed by atoms with Gasteiger partial charge >= 0.3 is 0 Å². The molecule has 2 rings (SSSR count). The van der Waals surface area contributed by atoms with E-state index in [9.17, 15) is 0 Å². The van der Waals surface area contributed by atoms with Gasteiger partial charge in [0.15, 0.2) is 0 Å². The van der Waals surface area contributed by atoms with Crippen LogP contribution in [0.5, 0.6) is 5.75 Å². The lowest BCUT2D eigenvalue weighted by atomic mass is 9.94. The van der Waals surface area contributed by atoms with Gasteiger partial charge in [0, 0.05) is 18.7 Å². The Labute approximate surface area is 90.6 Å². The first kappa shape index (κ1) is 10.5. The third-order valence-corrected chi connectivity index (χ3v) is 2.79. The summed E-state index contributed by atoms with van der Waals surface area (Å²) in [6, 6.07) is 8.40. The van der Waals surface area contributed by atoms with Gasteiger partial charge in [0.2, 0.25) is 0 Å². The maximum absolute atomic E-state index is 5.90. The maximum atomic E-state index is 5.90. The van der Waals surface area contributed by atoms with Crippen LogP contribution in [0.15, 0.2) is 24.3 Å². The molecule has 0 saturated carbocycles. The Morgan fingerprint density at radius 3 is 2.87 bits per heavy atom. The highest BCUT2D eigenvalue weighted by Gasteiger charge is 2.40. The van der Waals surface area contributed by atoms with Crippen molar-refractivity contribution in [1.82, 2.24) is 5.32 Å². The van der Waals surface area contributed by atoms with E-state index < -0.39 is 0 Å². The largest absolute Gasteiger partial charge is 0.486 e. The SMILES string of the molecule is CC1(C)Oc2ccccc2C1NCCN. The Balaban J connectivity index is 2.26. The Morgan fingerprint density at radius 2 is 2.13 bits per heavy atom. The molecule has 3 heteroatoms. The maximum Gasteiger partial charge on any atom is 0.125 e. The van der Waals surface area contributed by atoms with Gasteiger partial charge in [-0.3, -0.25) is 0 Å². The number of hydrogen-bond acceptors (Lipinski definition) is 3. The van der Waals surface area contributed by atoms with Crippen molar-refractivity contribution in [2.75, 3.05) is 13.1 Å². The number of nitrogens with one attached hydrogen (secondary N) is 1. The first-order valence-electron chi connectivity index (χ1n) is 5.36. The number of fused-ring (bicyclic) bond motifs is 1. The molecular weight excluding hydrogens is 188 g/mol. The van der Waals surface area contributed by atoms with Crippen LogP contribution in [-0.2, 0) is 0 Å². The molecule has 0 spiro atoms. The first-order chi connectivity index (χ1) is 7.15. The van der Waals surface area contributed by atoms with Crippen LogP contribution in [0.3, 0.4) is 0 Å². The molecule has 82 valence electrons. The molecule has 1 heterocycles. The van der Waals surface area contributed by atoms with Gasteiger partial charge in [0.25, 0.3) is 0 Å². The van der Waals surface area contributed by atoms with Crippen LogP contribution >= 0.6 is 0 Å². The molecular formula is C12H18N2O. The minimum Gasteiger partial charge on any atom is -0.486 e. The smallest absolute Gasteiger partial charge is 0.125 e. The average Bonchev–Trinajstić information content (AvgIpc) is 2.45. The molecule has 1 aliphatic rings. The summed E-state index contributed by atoms with van der Waals surface area (Å²) in [5, 5.41) is 3.43. The Morgan fingerprint density at radius 1 is 1.40 bits per heavy atom. The second-order valence-electron chi connectivity index (χ2n) is 4.42. The third-order valence-electron chi connectivity index (χ3n) is 2.79. The molecule has 0 aliphatic carbocycles. The summed E-state index contributed by atoms with van der Waals surface area (Å²) in [6.45, 7) is 5.66. The van der Waals surface area contributed by atoms with Crippen LogP contribution in [-0.4, -0.2) is 18.7 Å². The van der Waals surface area contributed by atoms with Gasteiger partial charge in [-0.25, -0.2) is 0 Å². The van der Waals surface area contributed by atoms with E-state index in [0.717, 1.165) is 12.3 Å². The minimum absolute atomic E-state index is 0.196. The molecule has 0 radical (unpaired) electrons. The van der Waals surface area contributed by atoms with Crippen LogP contribution in [0.2, 0.25) is 0 Å². The highest BCUT2D eigenvalue weighted by molar-refractivity contribution is 5.42. The van der Waals surface area contributed by atoms with E-state index in [1.807, 2.05) is 18.2 Å². The number of para-hydroxylation sites is 1. The van der Waals surface area contributed by atoms with Gasteiger partial charge in [-0.1, -0.05) is 18.2 Å². The quantitative estimate of drug-likeness (QED) is 0.787. The van der Waals surface area contributed by atoms with Crippen molar-refractivity contribution in [2.45, 2.75) is 25.5 Å². The fraction of sp³-hybridized carbons (Fsp3) is 0.500. The van der Waals surface area contributed by atoms with Crippen LogP contribution in [0.1, 0.15) is 25.5 Å². The molecule has 0 bridgehead atoms. The zero-order valence-corrected chi connectivity index (χ0v) is 9.29. The molecule has 15 heavy (non-hydrogen) atoms. The predicted octanol–water partition coefficient (Wildman–Crippen LogP) is 1.45. The van der Waals surface area contributed by atoms with Crippen molar-refractivity contribution in [3.05, 3.63) is 29.8 Å². The van der Waals surface area contributed by atoms with Crippen molar-refractivity contribution in [1.29, 1.82) is 0 Å². The lowest BCUT2D eigenvalue weighted by molar-refractivity contribution is 0.0970. The fourth-order valence-corrected chi connectivity index (χ4v) is 2.11. The van der Waals surface area contributed by atoms with Crippen molar-refractivity contribution in [2.24, 2.45) is 5.73 Å². The number of hydrogen-bond donors (Lipinski definition) is 2. The summed E-state index contributed by atoms with van der Waals surface area (Å²) in [5.74, 6) is 0.983. The normalized spacial score (nSPS) is 22.2. The highest BCUT2D eigenvalue weighted by Crippen LogP contribution is 2.42. The molecule has 1 aromatic carbocycles. The second-order valence-corrected chi connectivity index (χ2v) is 4.42. The van der Waals surface area contributed by atoms with Gasteiger partial charge in [-0.05, 0) is 19.9 Å². The van der Waals surface area contributed by atoms with Crippen LogP contribution in [0, 0.1) is 0 Å². The van der Waals surface area contributed by atoms with Crippen molar-refractivity contribution < 1.29 is 4.74 Å². The number of benzene rings is 1. The zero-order chi connectivity index (χ0) is 10.9. The third kappa shape index (κ3) is 1.85. The summed E-state index contributed by atoms with van der Waals surface area (Å²) in [6.07, 6.45) is 0. The van der Waals surface area contributed by atoms with E-state index in [0.29, 0.717) is 6.54 Å². The first-order valence-corrected chi connectivity index (χ1v) is 5.36. The molecule has 0 fully saturated rings. The van der Waals surface area contributed by atoms with E-state index in [1.54, 1.807) is 0 Å². The fourth-order valence-electron chi connectivity index (χ4n) is 2.11. The minimum atomic E-state index is -0.196. The summed E-state index contributed by atoms with van der Waals surface area (Å²) in [7, 11) is 0. The monoisotopic (exact) mass is 206 g/mol. The lowest BCUT2D eigenvalue weighted by Crippen LogP contribution is -2.40. The summed E-state index contributed by atoms with van der Waals surface area (Å²) < 4.78 is 5.90.